The van der Waals surface area contributed by atoms with E-state index in [1.807, 2.05) is 54.6 Å². The van der Waals surface area contributed by atoms with Crippen molar-refractivity contribution in [1.82, 2.24) is 10.6 Å². The van der Waals surface area contributed by atoms with Gasteiger partial charge in [0, 0.05) is 6.92 Å². The number of hydrogen-bond acceptors (Lipinski definition) is 2. The maximum Gasteiger partial charge on any atom is 0.233 e. The molecule has 0 aliphatic rings. The van der Waals surface area contributed by atoms with Gasteiger partial charge in [0.2, 0.25) is 5.91 Å². The van der Waals surface area contributed by atoms with Gasteiger partial charge in [-0.05, 0) is 36.4 Å². The predicted octanol–water partition coefficient (Wildman–Crippen LogP) is 2.54. The molecule has 3 aromatic rings. The van der Waals surface area contributed by atoms with Gasteiger partial charge in [-0.15, -0.1) is 0 Å². The molecular weight excluding hydrogens is 315 g/mol. The highest BCUT2D eigenvalue weighted by molar-refractivity contribution is 7.94. The smallest absolute Gasteiger partial charge is 0.233 e. The van der Waals surface area contributed by atoms with Gasteiger partial charge in [0.25, 0.3) is 0 Å². The molecular formula is C20H20N2OP+. The van der Waals surface area contributed by atoms with Crippen LogP contribution in [0, 0.1) is 0 Å². The maximum absolute atomic E-state index is 11.6. The molecule has 0 saturated heterocycles. The third-order valence-electron chi connectivity index (χ3n) is 3.83. The van der Waals surface area contributed by atoms with Crippen LogP contribution in [0.1, 0.15) is 6.92 Å². The fourth-order valence-electron chi connectivity index (χ4n) is 2.76. The van der Waals surface area contributed by atoms with Crippen molar-refractivity contribution in [3.8, 4) is 0 Å². The van der Waals surface area contributed by atoms with Crippen LogP contribution in [0.2, 0.25) is 0 Å². The first kappa shape index (κ1) is 16.4. The Morgan fingerprint density at radius 1 is 0.667 bits per heavy atom. The monoisotopic (exact) mass is 335 g/mol. The number of nitrogens with one attached hydrogen (secondary N) is 2. The van der Waals surface area contributed by atoms with Gasteiger partial charge >= 0.3 is 0 Å². The molecule has 1 amide bonds. The van der Waals surface area contributed by atoms with Gasteiger partial charge in [0.05, 0.1) is 0 Å². The van der Waals surface area contributed by atoms with E-state index in [4.69, 9.17) is 0 Å². The second-order valence-electron chi connectivity index (χ2n) is 5.47. The number of carbonyl (C=O) groups excluding carboxylic acids is 1. The van der Waals surface area contributed by atoms with E-state index in [0.717, 1.165) is 15.9 Å². The van der Waals surface area contributed by atoms with Crippen LogP contribution in [0.25, 0.3) is 0 Å². The summed E-state index contributed by atoms with van der Waals surface area (Å²) in [4.78, 5) is 11.6. The number of hydrazine groups is 1. The lowest BCUT2D eigenvalue weighted by atomic mass is 10.4. The molecule has 0 unspecified atom stereocenters. The third-order valence-corrected chi connectivity index (χ3v) is 7.50. The Kier molecular flexibility index (Phi) is 5.05. The molecule has 0 aliphatic heterocycles. The topological polar surface area (TPSA) is 41.1 Å². The maximum atomic E-state index is 11.6. The highest BCUT2D eigenvalue weighted by Crippen LogP contribution is 2.50. The summed E-state index contributed by atoms with van der Waals surface area (Å²) in [6, 6.07) is 30.9. The Labute approximate surface area is 143 Å². The molecule has 0 saturated carbocycles. The number of benzene rings is 3. The molecule has 120 valence electrons. The van der Waals surface area contributed by atoms with E-state index in [0.29, 0.717) is 0 Å². The van der Waals surface area contributed by atoms with Gasteiger partial charge in [-0.2, -0.15) is 0 Å². The first-order valence-electron chi connectivity index (χ1n) is 7.83. The van der Waals surface area contributed by atoms with Gasteiger partial charge in [0.15, 0.2) is 7.41 Å². The molecule has 0 spiro atoms. The summed E-state index contributed by atoms with van der Waals surface area (Å²) in [7, 11) is -2.19. The summed E-state index contributed by atoms with van der Waals surface area (Å²) >= 11 is 0. The highest BCUT2D eigenvalue weighted by Gasteiger charge is 2.46. The molecule has 3 nitrogen and oxygen atoms in total. The minimum atomic E-state index is -2.19. The average Bonchev–Trinajstić information content (AvgIpc) is 2.65. The van der Waals surface area contributed by atoms with Gasteiger partial charge in [-0.1, -0.05) is 59.8 Å². The fourth-order valence-corrected chi connectivity index (χ4v) is 6.22. The molecule has 0 aromatic heterocycles. The highest BCUT2D eigenvalue weighted by atomic mass is 31.2. The van der Waals surface area contributed by atoms with Crippen LogP contribution in [-0.2, 0) is 4.79 Å². The fraction of sp³-hybridized carbons (Fsp3) is 0.0500. The molecule has 3 aromatic carbocycles. The summed E-state index contributed by atoms with van der Waals surface area (Å²) in [5, 5.41) is 6.88. The van der Waals surface area contributed by atoms with E-state index in [1.54, 1.807) is 0 Å². The normalized spacial score (nSPS) is 11.0. The first-order chi connectivity index (χ1) is 11.7. The van der Waals surface area contributed by atoms with Crippen LogP contribution < -0.4 is 26.5 Å². The van der Waals surface area contributed by atoms with E-state index in [9.17, 15) is 4.79 Å². The van der Waals surface area contributed by atoms with Crippen LogP contribution in [0.5, 0.6) is 0 Å². The first-order valence-corrected chi connectivity index (χ1v) is 9.62. The van der Waals surface area contributed by atoms with Crippen molar-refractivity contribution >= 4 is 29.2 Å². The molecule has 0 fully saturated rings. The molecule has 3 rings (SSSR count). The Balaban J connectivity index is 2.26. The molecule has 0 radical (unpaired) electrons. The average molecular weight is 335 g/mol. The lowest BCUT2D eigenvalue weighted by molar-refractivity contribution is -0.119. The second-order valence-corrected chi connectivity index (χ2v) is 8.58. The van der Waals surface area contributed by atoms with Crippen molar-refractivity contribution in [2.75, 3.05) is 0 Å². The van der Waals surface area contributed by atoms with Crippen LogP contribution in [0.15, 0.2) is 91.0 Å². The summed E-state index contributed by atoms with van der Waals surface area (Å²) in [5.41, 5.74) is 2.84. The Morgan fingerprint density at radius 2 is 1.00 bits per heavy atom. The minimum Gasteiger partial charge on any atom is -0.274 e. The van der Waals surface area contributed by atoms with Crippen molar-refractivity contribution in [3.05, 3.63) is 91.0 Å². The van der Waals surface area contributed by atoms with Gasteiger partial charge < -0.3 is 0 Å². The molecule has 0 aliphatic carbocycles. The standard InChI is InChI=1S/C20H19N2OP/c1-17(23)21-22-24(18-11-5-2-6-12-18,19-13-7-3-8-14-19)20-15-9-4-10-16-20/h2-16,22H,1H3/p+1. The quantitative estimate of drug-likeness (QED) is 0.556. The molecule has 2 N–H and O–H groups in total. The molecule has 0 heterocycles. The van der Waals surface area contributed by atoms with Crippen LogP contribution in [0.4, 0.5) is 0 Å². The SMILES string of the molecule is CC(=O)NN[P+](c1ccccc1)(c1ccccc1)c1ccccc1. The van der Waals surface area contributed by atoms with Crippen LogP contribution in [0.3, 0.4) is 0 Å². The van der Waals surface area contributed by atoms with E-state index >= 15 is 0 Å². The second kappa shape index (κ2) is 7.39. The van der Waals surface area contributed by atoms with Crippen molar-refractivity contribution in [1.29, 1.82) is 0 Å². The van der Waals surface area contributed by atoms with Crippen LogP contribution >= 0.6 is 7.41 Å². The zero-order chi connectivity index (χ0) is 16.8. The number of rotatable bonds is 5. The zero-order valence-electron chi connectivity index (χ0n) is 13.5. The summed E-state index contributed by atoms with van der Waals surface area (Å²) < 4.78 is 0. The van der Waals surface area contributed by atoms with Crippen molar-refractivity contribution in [2.24, 2.45) is 0 Å². The number of carbonyl (C=O) groups is 1. The van der Waals surface area contributed by atoms with Gasteiger partial charge in [-0.3, -0.25) is 10.2 Å². The van der Waals surface area contributed by atoms with Crippen molar-refractivity contribution in [2.45, 2.75) is 6.92 Å². The van der Waals surface area contributed by atoms with E-state index in [2.05, 4.69) is 47.0 Å². The van der Waals surface area contributed by atoms with Crippen LogP contribution in [-0.4, -0.2) is 5.91 Å². The zero-order valence-corrected chi connectivity index (χ0v) is 14.4. The van der Waals surface area contributed by atoms with Gasteiger partial charge in [-0.25, -0.2) is 0 Å². The number of amides is 1. The van der Waals surface area contributed by atoms with Gasteiger partial charge in [0.1, 0.15) is 15.9 Å². The lowest BCUT2D eigenvalue weighted by Gasteiger charge is -2.27. The summed E-state index contributed by atoms with van der Waals surface area (Å²) in [5.74, 6) is -0.109. The van der Waals surface area contributed by atoms with Crippen molar-refractivity contribution < 1.29 is 4.79 Å². The van der Waals surface area contributed by atoms with Crippen molar-refractivity contribution in [3.63, 3.8) is 0 Å². The van der Waals surface area contributed by atoms with E-state index in [-0.39, 0.29) is 5.91 Å². The Hall–Kier alpha value is -2.48. The molecule has 0 bridgehead atoms. The third kappa shape index (κ3) is 3.23. The van der Waals surface area contributed by atoms with E-state index in [1.165, 1.54) is 6.92 Å². The molecule has 4 heteroatoms. The molecule has 24 heavy (non-hydrogen) atoms. The Bertz CT molecular complexity index is 695. The lowest BCUT2D eigenvalue weighted by Crippen LogP contribution is -2.47. The number of hydrogen-bond donors (Lipinski definition) is 2. The minimum absolute atomic E-state index is 0.109. The Morgan fingerprint density at radius 3 is 1.29 bits per heavy atom. The predicted molar refractivity (Wildman–Crippen MR) is 102 cm³/mol. The summed E-state index contributed by atoms with van der Waals surface area (Å²) in [6.45, 7) is 1.52. The van der Waals surface area contributed by atoms with E-state index < -0.39 is 7.41 Å². The summed E-state index contributed by atoms with van der Waals surface area (Å²) in [6.07, 6.45) is 0. The largest absolute Gasteiger partial charge is 0.274 e. The molecule has 0 atom stereocenters.